The van der Waals surface area contributed by atoms with Crippen LogP contribution in [0.4, 0.5) is 0 Å². The Hall–Kier alpha value is -2.36. The topological polar surface area (TPSA) is 59.4 Å². The quantitative estimate of drug-likeness (QED) is 0.873. The summed E-state index contributed by atoms with van der Waals surface area (Å²) < 4.78 is 5.04. The van der Waals surface area contributed by atoms with Crippen LogP contribution in [-0.4, -0.2) is 22.7 Å². The number of carbonyl (C=O) groups is 1. The van der Waals surface area contributed by atoms with Crippen LogP contribution in [0.25, 0.3) is 11.1 Å². The van der Waals surface area contributed by atoms with E-state index in [1.165, 1.54) is 0 Å². The fourth-order valence-corrected chi connectivity index (χ4v) is 1.42. The lowest BCUT2D eigenvalue weighted by molar-refractivity contribution is -0.139. The molecule has 17 heavy (non-hydrogen) atoms. The Morgan fingerprint density at radius 1 is 1.18 bits per heavy atom. The molecular formula is C13H11NO3. The largest absolute Gasteiger partial charge is 0.482 e. The van der Waals surface area contributed by atoms with Crippen LogP contribution in [0.3, 0.4) is 0 Å². The molecule has 0 spiro atoms. The third-order valence-corrected chi connectivity index (χ3v) is 2.21. The van der Waals surface area contributed by atoms with E-state index in [2.05, 4.69) is 4.98 Å². The second-order valence-corrected chi connectivity index (χ2v) is 3.45. The number of aliphatic carboxylic acids is 1. The number of hydrogen-bond donors (Lipinski definition) is 1. The van der Waals surface area contributed by atoms with Crippen LogP contribution in [0.2, 0.25) is 0 Å². The predicted molar refractivity (Wildman–Crippen MR) is 62.8 cm³/mol. The molecule has 86 valence electrons. The minimum atomic E-state index is -0.985. The molecule has 0 fully saturated rings. The van der Waals surface area contributed by atoms with Gasteiger partial charge in [-0.25, -0.2) is 4.79 Å². The van der Waals surface area contributed by atoms with Gasteiger partial charge in [0.25, 0.3) is 0 Å². The Kier molecular flexibility index (Phi) is 3.35. The van der Waals surface area contributed by atoms with E-state index in [1.807, 2.05) is 24.3 Å². The number of ether oxygens (including phenoxy) is 1. The van der Waals surface area contributed by atoms with E-state index in [-0.39, 0.29) is 6.61 Å². The Morgan fingerprint density at radius 2 is 1.94 bits per heavy atom. The van der Waals surface area contributed by atoms with Crippen LogP contribution in [0, 0.1) is 0 Å². The van der Waals surface area contributed by atoms with Crippen molar-refractivity contribution in [3.05, 3.63) is 48.8 Å². The molecule has 1 aromatic carbocycles. The van der Waals surface area contributed by atoms with Crippen molar-refractivity contribution in [2.75, 3.05) is 6.61 Å². The molecule has 0 amide bonds. The van der Waals surface area contributed by atoms with E-state index in [0.29, 0.717) is 5.75 Å². The van der Waals surface area contributed by atoms with Gasteiger partial charge in [0, 0.05) is 12.4 Å². The van der Waals surface area contributed by atoms with E-state index in [4.69, 9.17) is 9.84 Å². The lowest BCUT2D eigenvalue weighted by atomic mass is 10.1. The zero-order chi connectivity index (χ0) is 12.1. The normalized spacial score (nSPS) is 9.88. The standard InChI is InChI=1S/C13H11NO3/c15-13(16)9-17-12-5-3-10(4-6-12)11-2-1-7-14-8-11/h1-8H,9H2,(H,15,16). The molecule has 2 aromatic rings. The Labute approximate surface area is 98.5 Å². The van der Waals surface area contributed by atoms with E-state index in [0.717, 1.165) is 11.1 Å². The number of hydrogen-bond acceptors (Lipinski definition) is 3. The monoisotopic (exact) mass is 229 g/mol. The maximum absolute atomic E-state index is 10.3. The molecule has 4 nitrogen and oxygen atoms in total. The van der Waals surface area contributed by atoms with Gasteiger partial charge < -0.3 is 9.84 Å². The average Bonchev–Trinajstić information content (AvgIpc) is 2.38. The second-order valence-electron chi connectivity index (χ2n) is 3.45. The molecule has 0 bridgehead atoms. The first-order valence-electron chi connectivity index (χ1n) is 5.11. The SMILES string of the molecule is O=C(O)COc1ccc(-c2cccnc2)cc1. The van der Waals surface area contributed by atoms with Crippen LogP contribution in [0.1, 0.15) is 0 Å². The molecule has 4 heteroatoms. The number of nitrogens with zero attached hydrogens (tertiary/aromatic N) is 1. The fourth-order valence-electron chi connectivity index (χ4n) is 1.42. The van der Waals surface area contributed by atoms with Crippen molar-refractivity contribution in [2.45, 2.75) is 0 Å². The molecule has 1 heterocycles. The molecular weight excluding hydrogens is 218 g/mol. The molecule has 0 aliphatic rings. The molecule has 0 radical (unpaired) electrons. The number of pyridine rings is 1. The first-order chi connectivity index (χ1) is 8.25. The van der Waals surface area contributed by atoms with Gasteiger partial charge in [0.15, 0.2) is 6.61 Å². The molecule has 1 N–H and O–H groups in total. The fraction of sp³-hybridized carbons (Fsp3) is 0.0769. The molecule has 0 saturated carbocycles. The van der Waals surface area contributed by atoms with Crippen molar-refractivity contribution in [1.29, 1.82) is 0 Å². The van der Waals surface area contributed by atoms with Crippen molar-refractivity contribution >= 4 is 5.97 Å². The number of carboxylic acids is 1. The van der Waals surface area contributed by atoms with E-state index < -0.39 is 5.97 Å². The third-order valence-electron chi connectivity index (χ3n) is 2.21. The van der Waals surface area contributed by atoms with Gasteiger partial charge >= 0.3 is 5.97 Å². The summed E-state index contributed by atoms with van der Waals surface area (Å²) in [5, 5.41) is 8.47. The van der Waals surface area contributed by atoms with Crippen LogP contribution in [0.15, 0.2) is 48.8 Å². The lowest BCUT2D eigenvalue weighted by Gasteiger charge is -2.04. The van der Waals surface area contributed by atoms with Gasteiger partial charge in [-0.05, 0) is 29.3 Å². The summed E-state index contributed by atoms with van der Waals surface area (Å²) in [5.74, 6) is -0.443. The summed E-state index contributed by atoms with van der Waals surface area (Å²) in [6.45, 7) is -0.327. The van der Waals surface area contributed by atoms with Crippen molar-refractivity contribution in [2.24, 2.45) is 0 Å². The first kappa shape index (κ1) is 11.1. The summed E-state index contributed by atoms with van der Waals surface area (Å²) >= 11 is 0. The highest BCUT2D eigenvalue weighted by atomic mass is 16.5. The number of aromatic nitrogens is 1. The summed E-state index contributed by atoms with van der Waals surface area (Å²) in [6, 6.07) is 11.0. The predicted octanol–water partition coefficient (Wildman–Crippen LogP) is 2.21. The van der Waals surface area contributed by atoms with Crippen molar-refractivity contribution < 1.29 is 14.6 Å². The number of benzene rings is 1. The molecule has 0 aliphatic heterocycles. The van der Waals surface area contributed by atoms with Crippen molar-refractivity contribution in [3.8, 4) is 16.9 Å². The summed E-state index contributed by atoms with van der Waals surface area (Å²) in [4.78, 5) is 14.4. The zero-order valence-electron chi connectivity index (χ0n) is 9.04. The highest BCUT2D eigenvalue weighted by Gasteiger charge is 2.00. The second kappa shape index (κ2) is 5.12. The van der Waals surface area contributed by atoms with Gasteiger partial charge in [0.1, 0.15) is 5.75 Å². The van der Waals surface area contributed by atoms with Crippen LogP contribution < -0.4 is 4.74 Å². The minimum Gasteiger partial charge on any atom is -0.482 e. The Bertz CT molecular complexity index is 494. The van der Waals surface area contributed by atoms with Gasteiger partial charge in [-0.15, -0.1) is 0 Å². The molecule has 0 unspecified atom stereocenters. The molecule has 0 aliphatic carbocycles. The minimum absolute atomic E-state index is 0.327. The lowest BCUT2D eigenvalue weighted by Crippen LogP contribution is -2.09. The van der Waals surface area contributed by atoms with Gasteiger partial charge in [-0.1, -0.05) is 18.2 Å². The van der Waals surface area contributed by atoms with Crippen molar-refractivity contribution in [3.63, 3.8) is 0 Å². The third kappa shape index (κ3) is 3.04. The van der Waals surface area contributed by atoms with Gasteiger partial charge in [-0.2, -0.15) is 0 Å². The Balaban J connectivity index is 2.11. The Morgan fingerprint density at radius 3 is 2.53 bits per heavy atom. The highest BCUT2D eigenvalue weighted by molar-refractivity contribution is 5.68. The summed E-state index contributed by atoms with van der Waals surface area (Å²) in [6.07, 6.45) is 3.49. The van der Waals surface area contributed by atoms with Gasteiger partial charge in [0.05, 0.1) is 0 Å². The van der Waals surface area contributed by atoms with Gasteiger partial charge in [-0.3, -0.25) is 4.98 Å². The maximum Gasteiger partial charge on any atom is 0.341 e. The maximum atomic E-state index is 10.3. The van der Waals surface area contributed by atoms with E-state index in [1.54, 1.807) is 24.5 Å². The van der Waals surface area contributed by atoms with Crippen LogP contribution >= 0.6 is 0 Å². The molecule has 2 rings (SSSR count). The highest BCUT2D eigenvalue weighted by Crippen LogP contribution is 2.21. The van der Waals surface area contributed by atoms with Crippen LogP contribution in [-0.2, 0) is 4.79 Å². The molecule has 0 saturated heterocycles. The zero-order valence-corrected chi connectivity index (χ0v) is 9.04. The van der Waals surface area contributed by atoms with E-state index in [9.17, 15) is 4.79 Å². The van der Waals surface area contributed by atoms with Crippen molar-refractivity contribution in [1.82, 2.24) is 4.98 Å². The van der Waals surface area contributed by atoms with Crippen LogP contribution in [0.5, 0.6) is 5.75 Å². The first-order valence-corrected chi connectivity index (χ1v) is 5.11. The summed E-state index contributed by atoms with van der Waals surface area (Å²) in [7, 11) is 0. The number of rotatable bonds is 4. The molecule has 0 atom stereocenters. The number of carboxylic acid groups (broad SMARTS) is 1. The average molecular weight is 229 g/mol. The molecule has 1 aromatic heterocycles. The van der Waals surface area contributed by atoms with Gasteiger partial charge in [0.2, 0.25) is 0 Å². The summed E-state index contributed by atoms with van der Waals surface area (Å²) in [5.41, 5.74) is 2.03. The smallest absolute Gasteiger partial charge is 0.341 e. The van der Waals surface area contributed by atoms with E-state index >= 15 is 0 Å².